The maximum atomic E-state index is 14.0. The summed E-state index contributed by atoms with van der Waals surface area (Å²) in [7, 11) is 1.55. The topological polar surface area (TPSA) is 48.8 Å². The molecule has 2 aromatic carbocycles. The van der Waals surface area contributed by atoms with E-state index in [0.717, 1.165) is 27.6 Å². The Morgan fingerprint density at radius 2 is 1.91 bits per heavy atom. The monoisotopic (exact) mass is 294 g/mol. The lowest BCUT2D eigenvalue weighted by atomic mass is 10.0. The summed E-state index contributed by atoms with van der Waals surface area (Å²) in [4.78, 5) is 3.16. The van der Waals surface area contributed by atoms with Gasteiger partial charge in [-0.1, -0.05) is 24.3 Å². The standard InChI is InChI=1S/C18H15FN2O/c1-22-11-15-3-2-12(8-17(15)19)13-4-5-16-14(6-7-20)10-21-18(16)9-13/h2-5,8-10,21H,6,11H2,1H3. The van der Waals surface area contributed by atoms with Gasteiger partial charge in [-0.25, -0.2) is 4.39 Å². The summed E-state index contributed by atoms with van der Waals surface area (Å²) in [6, 6.07) is 13.2. The number of benzene rings is 2. The van der Waals surface area contributed by atoms with Crippen LogP contribution in [0, 0.1) is 17.1 Å². The van der Waals surface area contributed by atoms with Crippen LogP contribution in [0.3, 0.4) is 0 Å². The Kier molecular flexibility index (Phi) is 3.90. The summed E-state index contributed by atoms with van der Waals surface area (Å²) >= 11 is 0. The first-order valence-corrected chi connectivity index (χ1v) is 6.97. The summed E-state index contributed by atoms with van der Waals surface area (Å²) in [6.07, 6.45) is 2.22. The Balaban J connectivity index is 2.00. The third-order valence-corrected chi connectivity index (χ3v) is 3.72. The van der Waals surface area contributed by atoms with Crippen molar-refractivity contribution in [2.75, 3.05) is 7.11 Å². The Hall–Kier alpha value is -2.64. The average molecular weight is 294 g/mol. The Labute approximate surface area is 128 Å². The second-order valence-electron chi connectivity index (χ2n) is 5.15. The van der Waals surface area contributed by atoms with Crippen LogP contribution in [0.1, 0.15) is 11.1 Å². The van der Waals surface area contributed by atoms with Gasteiger partial charge in [0.2, 0.25) is 0 Å². The number of rotatable bonds is 4. The molecule has 3 aromatic rings. The SMILES string of the molecule is COCc1ccc(-c2ccc3c(CC#N)c[nH]c3c2)cc1F. The van der Waals surface area contributed by atoms with Crippen molar-refractivity contribution in [3.05, 3.63) is 59.5 Å². The molecule has 1 N–H and O–H groups in total. The van der Waals surface area contributed by atoms with E-state index in [1.807, 2.05) is 30.5 Å². The normalized spacial score (nSPS) is 10.8. The summed E-state index contributed by atoms with van der Waals surface area (Å²) in [6.45, 7) is 0.263. The second-order valence-corrected chi connectivity index (χ2v) is 5.15. The molecule has 1 aromatic heterocycles. The van der Waals surface area contributed by atoms with E-state index in [1.54, 1.807) is 13.2 Å². The number of nitrogens with one attached hydrogen (secondary N) is 1. The highest BCUT2D eigenvalue weighted by atomic mass is 19.1. The molecule has 0 saturated carbocycles. The van der Waals surface area contributed by atoms with Crippen LogP contribution in [-0.4, -0.2) is 12.1 Å². The lowest BCUT2D eigenvalue weighted by Crippen LogP contribution is -1.93. The fourth-order valence-electron chi connectivity index (χ4n) is 2.60. The summed E-state index contributed by atoms with van der Waals surface area (Å²) < 4.78 is 19.0. The van der Waals surface area contributed by atoms with E-state index in [1.165, 1.54) is 6.07 Å². The van der Waals surface area contributed by atoms with Gasteiger partial charge in [0.05, 0.1) is 19.1 Å². The molecular formula is C18H15FN2O. The average Bonchev–Trinajstić information content (AvgIpc) is 2.92. The molecule has 1 heterocycles. The van der Waals surface area contributed by atoms with Gasteiger partial charge >= 0.3 is 0 Å². The number of aromatic amines is 1. The largest absolute Gasteiger partial charge is 0.380 e. The highest BCUT2D eigenvalue weighted by Crippen LogP contribution is 2.27. The molecule has 0 unspecified atom stereocenters. The van der Waals surface area contributed by atoms with Gasteiger partial charge in [-0.15, -0.1) is 0 Å². The maximum absolute atomic E-state index is 14.0. The van der Waals surface area contributed by atoms with E-state index in [-0.39, 0.29) is 12.4 Å². The lowest BCUT2D eigenvalue weighted by molar-refractivity contribution is 0.181. The van der Waals surface area contributed by atoms with Crippen LogP contribution in [0.4, 0.5) is 4.39 Å². The minimum Gasteiger partial charge on any atom is -0.380 e. The van der Waals surface area contributed by atoms with Crippen LogP contribution >= 0.6 is 0 Å². The molecule has 0 aliphatic heterocycles. The van der Waals surface area contributed by atoms with Crippen molar-refractivity contribution in [1.29, 1.82) is 5.26 Å². The molecule has 0 spiro atoms. The first-order chi connectivity index (χ1) is 10.7. The van der Waals surface area contributed by atoms with E-state index >= 15 is 0 Å². The van der Waals surface area contributed by atoms with Gasteiger partial charge in [-0.05, 0) is 28.8 Å². The van der Waals surface area contributed by atoms with Gasteiger partial charge in [0.1, 0.15) is 5.82 Å². The molecule has 0 bridgehead atoms. The Bertz CT molecular complexity index is 861. The van der Waals surface area contributed by atoms with Crippen LogP contribution in [0.2, 0.25) is 0 Å². The Morgan fingerprint density at radius 1 is 1.14 bits per heavy atom. The molecular weight excluding hydrogens is 279 g/mol. The third-order valence-electron chi connectivity index (χ3n) is 3.72. The van der Waals surface area contributed by atoms with E-state index < -0.39 is 0 Å². The van der Waals surface area contributed by atoms with E-state index in [9.17, 15) is 4.39 Å². The molecule has 22 heavy (non-hydrogen) atoms. The molecule has 3 rings (SSSR count). The van der Waals surface area contributed by atoms with E-state index in [2.05, 4.69) is 11.1 Å². The minimum atomic E-state index is -0.267. The minimum absolute atomic E-state index is 0.263. The summed E-state index contributed by atoms with van der Waals surface area (Å²) in [5, 5.41) is 9.84. The van der Waals surface area contributed by atoms with Crippen molar-refractivity contribution < 1.29 is 9.13 Å². The quantitative estimate of drug-likeness (QED) is 0.784. The van der Waals surface area contributed by atoms with Crippen LogP contribution in [0.5, 0.6) is 0 Å². The van der Waals surface area contributed by atoms with Crippen molar-refractivity contribution in [3.63, 3.8) is 0 Å². The molecule has 0 saturated heterocycles. The predicted molar refractivity (Wildman–Crippen MR) is 83.7 cm³/mol. The fourth-order valence-corrected chi connectivity index (χ4v) is 2.60. The van der Waals surface area contributed by atoms with Gasteiger partial charge in [-0.2, -0.15) is 5.26 Å². The molecule has 0 amide bonds. The maximum Gasteiger partial charge on any atom is 0.129 e. The third kappa shape index (κ3) is 2.59. The van der Waals surface area contributed by atoms with E-state index in [0.29, 0.717) is 12.0 Å². The van der Waals surface area contributed by atoms with Crippen molar-refractivity contribution in [3.8, 4) is 17.2 Å². The number of nitrogens with zero attached hydrogens (tertiary/aromatic N) is 1. The number of halogens is 1. The highest BCUT2D eigenvalue weighted by Gasteiger charge is 2.08. The van der Waals surface area contributed by atoms with E-state index in [4.69, 9.17) is 10.00 Å². The zero-order valence-corrected chi connectivity index (χ0v) is 12.2. The van der Waals surface area contributed by atoms with Crippen molar-refractivity contribution in [2.45, 2.75) is 13.0 Å². The number of fused-ring (bicyclic) bond motifs is 1. The zero-order valence-electron chi connectivity index (χ0n) is 12.2. The summed E-state index contributed by atoms with van der Waals surface area (Å²) in [5.41, 5.74) is 4.22. The molecule has 0 atom stereocenters. The second kappa shape index (κ2) is 6.00. The fraction of sp³-hybridized carbons (Fsp3) is 0.167. The first-order valence-electron chi connectivity index (χ1n) is 6.97. The molecule has 0 aliphatic rings. The van der Waals surface area contributed by atoms with Gasteiger partial charge in [0.15, 0.2) is 0 Å². The number of hydrogen-bond donors (Lipinski definition) is 1. The molecule has 0 aliphatic carbocycles. The molecule has 0 radical (unpaired) electrons. The number of aromatic nitrogens is 1. The van der Waals surface area contributed by atoms with Gasteiger partial charge in [0.25, 0.3) is 0 Å². The zero-order chi connectivity index (χ0) is 15.5. The highest BCUT2D eigenvalue weighted by molar-refractivity contribution is 5.87. The van der Waals surface area contributed by atoms with Crippen molar-refractivity contribution in [2.24, 2.45) is 0 Å². The first kappa shape index (κ1) is 14.3. The molecule has 4 heteroatoms. The predicted octanol–water partition coefficient (Wildman–Crippen LogP) is 4.19. The van der Waals surface area contributed by atoms with Gasteiger partial charge in [0, 0.05) is 29.8 Å². The van der Waals surface area contributed by atoms with Crippen LogP contribution < -0.4 is 0 Å². The van der Waals surface area contributed by atoms with Crippen LogP contribution in [0.15, 0.2) is 42.6 Å². The van der Waals surface area contributed by atoms with Crippen LogP contribution in [-0.2, 0) is 17.8 Å². The molecule has 0 fully saturated rings. The van der Waals surface area contributed by atoms with Crippen LogP contribution in [0.25, 0.3) is 22.0 Å². The Morgan fingerprint density at radius 3 is 2.64 bits per heavy atom. The number of methoxy groups -OCH3 is 1. The van der Waals surface area contributed by atoms with Gasteiger partial charge < -0.3 is 9.72 Å². The lowest BCUT2D eigenvalue weighted by Gasteiger charge is -2.06. The number of ether oxygens (including phenoxy) is 1. The smallest absolute Gasteiger partial charge is 0.129 e. The van der Waals surface area contributed by atoms with Crippen molar-refractivity contribution in [1.82, 2.24) is 4.98 Å². The number of nitriles is 1. The van der Waals surface area contributed by atoms with Gasteiger partial charge in [-0.3, -0.25) is 0 Å². The number of hydrogen-bond acceptors (Lipinski definition) is 2. The number of H-pyrrole nitrogens is 1. The molecule has 3 nitrogen and oxygen atoms in total. The molecule has 110 valence electrons. The van der Waals surface area contributed by atoms with Crippen molar-refractivity contribution >= 4 is 10.9 Å². The summed E-state index contributed by atoms with van der Waals surface area (Å²) in [5.74, 6) is -0.267.